The van der Waals surface area contributed by atoms with E-state index in [9.17, 15) is 22.4 Å². The molecule has 0 saturated carbocycles. The predicted molar refractivity (Wildman–Crippen MR) is 106 cm³/mol. The van der Waals surface area contributed by atoms with Crippen LogP contribution in [-0.2, 0) is 6.18 Å². The molecule has 0 saturated heterocycles. The van der Waals surface area contributed by atoms with Gasteiger partial charge in [0.2, 0.25) is 0 Å². The normalized spacial score (nSPS) is 11.6. The van der Waals surface area contributed by atoms with Gasteiger partial charge in [-0.05, 0) is 35.9 Å². The van der Waals surface area contributed by atoms with Crippen molar-refractivity contribution in [3.63, 3.8) is 0 Å². The van der Waals surface area contributed by atoms with Crippen LogP contribution < -0.4 is 5.73 Å². The van der Waals surface area contributed by atoms with Crippen LogP contribution in [0, 0.1) is 5.82 Å². The summed E-state index contributed by atoms with van der Waals surface area (Å²) in [6.45, 7) is 0. The molecule has 0 unspecified atom stereocenters. The number of fused-ring (bicyclic) bond motifs is 1. The van der Waals surface area contributed by atoms with Crippen molar-refractivity contribution < 1.29 is 22.4 Å². The Hall–Kier alpha value is -3.74. The highest BCUT2D eigenvalue weighted by Gasteiger charge is 2.34. The number of carbonyl (C=O) groups excluding carboxylic acids is 1. The van der Waals surface area contributed by atoms with Gasteiger partial charge in [-0.1, -0.05) is 42.5 Å². The quantitative estimate of drug-likeness (QED) is 0.432. The Kier molecular flexibility index (Phi) is 4.73. The van der Waals surface area contributed by atoms with Crippen LogP contribution in [0.2, 0.25) is 0 Å². The molecular weight excluding hydrogens is 396 g/mol. The summed E-state index contributed by atoms with van der Waals surface area (Å²) in [7, 11) is 0. The second-order valence-electron chi connectivity index (χ2n) is 6.65. The third kappa shape index (κ3) is 3.39. The molecule has 0 radical (unpaired) electrons. The number of alkyl halides is 3. The highest BCUT2D eigenvalue weighted by atomic mass is 19.4. The molecule has 1 aromatic heterocycles. The summed E-state index contributed by atoms with van der Waals surface area (Å²) in [6, 6.07) is 17.2. The van der Waals surface area contributed by atoms with Gasteiger partial charge in [-0.2, -0.15) is 13.2 Å². The van der Waals surface area contributed by atoms with Crippen LogP contribution in [0.1, 0.15) is 15.9 Å². The standard InChI is InChI=1S/C23H14F4N2O/c24-15-11-9-14(10-12-15)20-19(22(28)30)18(13-5-2-1-3-6-13)16-7-4-8-17(21(16)29-20)23(25,26)27/h1-12H,(H2,28,30). The summed E-state index contributed by atoms with van der Waals surface area (Å²) < 4.78 is 54.6. The average molecular weight is 410 g/mol. The van der Waals surface area contributed by atoms with E-state index < -0.39 is 23.5 Å². The minimum atomic E-state index is -4.66. The number of hydrogen-bond donors (Lipinski definition) is 1. The fourth-order valence-corrected chi connectivity index (χ4v) is 3.48. The number of hydrogen-bond acceptors (Lipinski definition) is 2. The monoisotopic (exact) mass is 410 g/mol. The molecule has 0 spiro atoms. The zero-order valence-corrected chi connectivity index (χ0v) is 15.4. The molecule has 4 rings (SSSR count). The first-order valence-electron chi connectivity index (χ1n) is 8.92. The van der Waals surface area contributed by atoms with Gasteiger partial charge in [-0.15, -0.1) is 0 Å². The third-order valence-corrected chi connectivity index (χ3v) is 4.75. The van der Waals surface area contributed by atoms with E-state index in [0.717, 1.165) is 18.2 Å². The van der Waals surface area contributed by atoms with Crippen molar-refractivity contribution in [3.05, 3.63) is 89.7 Å². The number of halogens is 4. The number of aromatic nitrogens is 1. The van der Waals surface area contributed by atoms with Gasteiger partial charge in [0.15, 0.2) is 0 Å². The first-order chi connectivity index (χ1) is 14.3. The Morgan fingerprint density at radius 2 is 1.50 bits per heavy atom. The van der Waals surface area contributed by atoms with Crippen molar-refractivity contribution in [1.29, 1.82) is 0 Å². The number of pyridine rings is 1. The van der Waals surface area contributed by atoms with E-state index >= 15 is 0 Å². The van der Waals surface area contributed by atoms with Crippen LogP contribution in [-0.4, -0.2) is 10.9 Å². The molecular formula is C23H14F4N2O. The summed E-state index contributed by atoms with van der Waals surface area (Å²) in [4.78, 5) is 16.7. The Morgan fingerprint density at radius 3 is 2.10 bits per heavy atom. The molecule has 4 aromatic rings. The van der Waals surface area contributed by atoms with Crippen molar-refractivity contribution >= 4 is 16.8 Å². The Morgan fingerprint density at radius 1 is 0.833 bits per heavy atom. The summed E-state index contributed by atoms with van der Waals surface area (Å²) in [5, 5.41) is 0.149. The van der Waals surface area contributed by atoms with Gasteiger partial charge in [0.25, 0.3) is 5.91 Å². The molecule has 0 aliphatic rings. The fraction of sp³-hybridized carbons (Fsp3) is 0.0435. The highest BCUT2D eigenvalue weighted by molar-refractivity contribution is 6.13. The maximum absolute atomic E-state index is 13.7. The summed E-state index contributed by atoms with van der Waals surface area (Å²) in [5.74, 6) is -1.38. The molecule has 0 bridgehead atoms. The minimum Gasteiger partial charge on any atom is -0.366 e. The van der Waals surface area contributed by atoms with E-state index in [4.69, 9.17) is 5.73 Å². The van der Waals surface area contributed by atoms with Crippen LogP contribution in [0.3, 0.4) is 0 Å². The van der Waals surface area contributed by atoms with Gasteiger partial charge in [-0.25, -0.2) is 9.37 Å². The minimum absolute atomic E-state index is 0.0281. The van der Waals surface area contributed by atoms with E-state index in [1.807, 2.05) is 0 Å². The lowest BCUT2D eigenvalue weighted by atomic mass is 9.90. The lowest BCUT2D eigenvalue weighted by Crippen LogP contribution is -2.16. The topological polar surface area (TPSA) is 56.0 Å². The number of primary amides is 1. The van der Waals surface area contributed by atoms with E-state index in [1.165, 1.54) is 24.3 Å². The molecule has 1 amide bonds. The van der Waals surface area contributed by atoms with Gasteiger partial charge in [0.1, 0.15) is 5.82 Å². The van der Waals surface area contributed by atoms with Crippen LogP contribution in [0.25, 0.3) is 33.3 Å². The molecule has 0 fully saturated rings. The van der Waals surface area contributed by atoms with Gasteiger partial charge >= 0.3 is 6.18 Å². The molecule has 7 heteroatoms. The van der Waals surface area contributed by atoms with Crippen molar-refractivity contribution in [2.75, 3.05) is 0 Å². The first-order valence-corrected chi connectivity index (χ1v) is 8.92. The Labute approximate surface area is 168 Å². The molecule has 0 aliphatic heterocycles. The number of rotatable bonds is 3. The van der Waals surface area contributed by atoms with Crippen LogP contribution >= 0.6 is 0 Å². The number of carbonyl (C=O) groups is 1. The maximum Gasteiger partial charge on any atom is 0.418 e. The lowest BCUT2D eigenvalue weighted by molar-refractivity contribution is -0.136. The molecule has 1 heterocycles. The first kappa shape index (κ1) is 19.6. The van der Waals surface area contributed by atoms with Crippen molar-refractivity contribution in [2.45, 2.75) is 6.18 Å². The molecule has 2 N–H and O–H groups in total. The summed E-state index contributed by atoms with van der Waals surface area (Å²) in [5.41, 5.74) is 5.39. The van der Waals surface area contributed by atoms with Crippen LogP contribution in [0.4, 0.5) is 17.6 Å². The van der Waals surface area contributed by atoms with E-state index in [2.05, 4.69) is 4.98 Å². The smallest absolute Gasteiger partial charge is 0.366 e. The Bertz CT molecular complexity index is 1250. The largest absolute Gasteiger partial charge is 0.418 e. The molecule has 0 atom stereocenters. The lowest BCUT2D eigenvalue weighted by Gasteiger charge is -2.18. The maximum atomic E-state index is 13.7. The van der Waals surface area contributed by atoms with Gasteiger partial charge in [-0.3, -0.25) is 4.79 Å². The molecule has 150 valence electrons. The zero-order valence-electron chi connectivity index (χ0n) is 15.4. The number of benzene rings is 3. The number of para-hydroxylation sites is 1. The predicted octanol–water partition coefficient (Wildman–Crippen LogP) is 5.83. The highest BCUT2D eigenvalue weighted by Crippen LogP contribution is 2.41. The number of amides is 1. The molecule has 0 aliphatic carbocycles. The average Bonchev–Trinajstić information content (AvgIpc) is 2.72. The molecule has 3 aromatic carbocycles. The zero-order chi connectivity index (χ0) is 21.5. The second kappa shape index (κ2) is 7.26. The van der Waals surface area contributed by atoms with Gasteiger partial charge in [0, 0.05) is 16.5 Å². The number of nitrogens with two attached hydrogens (primary N) is 1. The third-order valence-electron chi connectivity index (χ3n) is 4.75. The van der Waals surface area contributed by atoms with Crippen LogP contribution in [0.15, 0.2) is 72.8 Å². The van der Waals surface area contributed by atoms with E-state index in [-0.39, 0.29) is 33.3 Å². The van der Waals surface area contributed by atoms with E-state index in [1.54, 1.807) is 30.3 Å². The van der Waals surface area contributed by atoms with E-state index in [0.29, 0.717) is 5.56 Å². The van der Waals surface area contributed by atoms with Crippen LogP contribution in [0.5, 0.6) is 0 Å². The van der Waals surface area contributed by atoms with Crippen molar-refractivity contribution in [3.8, 4) is 22.4 Å². The molecule has 3 nitrogen and oxygen atoms in total. The van der Waals surface area contributed by atoms with Gasteiger partial charge in [0.05, 0.1) is 22.3 Å². The fourth-order valence-electron chi connectivity index (χ4n) is 3.48. The second-order valence-corrected chi connectivity index (χ2v) is 6.65. The summed E-state index contributed by atoms with van der Waals surface area (Å²) in [6.07, 6.45) is -4.66. The summed E-state index contributed by atoms with van der Waals surface area (Å²) >= 11 is 0. The SMILES string of the molecule is NC(=O)c1c(-c2ccc(F)cc2)nc2c(C(F)(F)F)cccc2c1-c1ccccc1. The Balaban J connectivity index is 2.22. The molecule has 30 heavy (non-hydrogen) atoms. The number of nitrogens with zero attached hydrogens (tertiary/aromatic N) is 1. The van der Waals surface area contributed by atoms with Crippen molar-refractivity contribution in [2.24, 2.45) is 5.73 Å². The van der Waals surface area contributed by atoms with Gasteiger partial charge < -0.3 is 5.73 Å². The van der Waals surface area contributed by atoms with Crippen molar-refractivity contribution in [1.82, 2.24) is 4.98 Å².